The molecular formula is C15H17N3O3. The quantitative estimate of drug-likeness (QED) is 0.882. The molecule has 0 aliphatic carbocycles. The van der Waals surface area contributed by atoms with Crippen LogP contribution in [0.2, 0.25) is 0 Å². The molecule has 2 rings (SSSR count). The molecule has 0 bridgehead atoms. The fourth-order valence-corrected chi connectivity index (χ4v) is 1.94. The maximum absolute atomic E-state index is 9.16. The summed E-state index contributed by atoms with van der Waals surface area (Å²) in [7, 11) is 3.18. The van der Waals surface area contributed by atoms with Gasteiger partial charge in [0.15, 0.2) is 0 Å². The fraction of sp³-hybridized carbons (Fsp3) is 0.267. The third kappa shape index (κ3) is 3.27. The number of ether oxygens (including phenoxy) is 3. The number of nitrogens with two attached hydrogens (primary N) is 1. The van der Waals surface area contributed by atoms with Crippen LogP contribution in [0.15, 0.2) is 30.3 Å². The number of anilines is 1. The van der Waals surface area contributed by atoms with E-state index in [1.807, 2.05) is 12.1 Å². The molecule has 0 aliphatic heterocycles. The molecular weight excluding hydrogens is 270 g/mol. The van der Waals surface area contributed by atoms with E-state index in [0.29, 0.717) is 41.9 Å². The van der Waals surface area contributed by atoms with Gasteiger partial charge in [-0.25, -0.2) is 0 Å². The Morgan fingerprint density at radius 1 is 1.24 bits per heavy atom. The van der Waals surface area contributed by atoms with Crippen LogP contribution in [0.4, 0.5) is 5.69 Å². The van der Waals surface area contributed by atoms with E-state index in [9.17, 15) is 0 Å². The highest BCUT2D eigenvalue weighted by Crippen LogP contribution is 2.32. The first kappa shape index (κ1) is 14.8. The molecule has 110 valence electrons. The number of benzene rings is 1. The number of hydrogen-bond acceptors (Lipinski definition) is 5. The molecule has 2 aromatic rings. The normalized spacial score (nSPS) is 10.1. The lowest BCUT2D eigenvalue weighted by Gasteiger charge is -2.12. The number of hydrogen-bond donors (Lipinski definition) is 1. The molecule has 0 saturated heterocycles. The van der Waals surface area contributed by atoms with Gasteiger partial charge >= 0.3 is 0 Å². The first-order valence-electron chi connectivity index (χ1n) is 6.39. The zero-order valence-electron chi connectivity index (χ0n) is 12.0. The molecule has 21 heavy (non-hydrogen) atoms. The van der Waals surface area contributed by atoms with E-state index in [0.717, 1.165) is 0 Å². The Bertz CT molecular complexity index is 659. The molecule has 6 heteroatoms. The summed E-state index contributed by atoms with van der Waals surface area (Å²) in [6.07, 6.45) is 0. The first-order chi connectivity index (χ1) is 10.2. The molecule has 0 amide bonds. The molecule has 0 unspecified atom stereocenters. The molecule has 0 fully saturated rings. The smallest absolute Gasteiger partial charge is 0.224 e. The van der Waals surface area contributed by atoms with Crippen molar-refractivity contribution in [3.8, 4) is 23.4 Å². The van der Waals surface area contributed by atoms with Crippen LogP contribution in [-0.4, -0.2) is 25.4 Å². The van der Waals surface area contributed by atoms with E-state index < -0.39 is 0 Å². The maximum Gasteiger partial charge on any atom is 0.224 e. The summed E-state index contributed by atoms with van der Waals surface area (Å²) in [6.45, 7) is 0.938. The number of rotatable bonds is 6. The maximum atomic E-state index is 9.16. The summed E-state index contributed by atoms with van der Waals surface area (Å²) < 4.78 is 17.7. The molecule has 0 saturated carbocycles. The summed E-state index contributed by atoms with van der Waals surface area (Å²) in [6, 6.07) is 10.9. The van der Waals surface area contributed by atoms with Gasteiger partial charge < -0.3 is 19.9 Å². The second-order valence-corrected chi connectivity index (χ2v) is 4.33. The van der Waals surface area contributed by atoms with Crippen molar-refractivity contribution in [2.75, 3.05) is 26.6 Å². The minimum Gasteiger partial charge on any atom is -0.497 e. The van der Waals surface area contributed by atoms with Gasteiger partial charge in [-0.1, -0.05) is 6.07 Å². The van der Waals surface area contributed by atoms with Crippen LogP contribution in [0.5, 0.6) is 17.4 Å². The van der Waals surface area contributed by atoms with E-state index in [4.69, 9.17) is 25.2 Å². The molecule has 0 atom stereocenters. The lowest BCUT2D eigenvalue weighted by Crippen LogP contribution is -2.08. The minimum absolute atomic E-state index is 0.408. The Morgan fingerprint density at radius 3 is 2.67 bits per heavy atom. The van der Waals surface area contributed by atoms with Crippen molar-refractivity contribution in [2.24, 2.45) is 0 Å². The zero-order chi connectivity index (χ0) is 15.2. The van der Waals surface area contributed by atoms with E-state index in [2.05, 4.69) is 6.07 Å². The second-order valence-electron chi connectivity index (χ2n) is 4.33. The molecule has 0 spiro atoms. The van der Waals surface area contributed by atoms with Crippen molar-refractivity contribution in [3.05, 3.63) is 36.0 Å². The summed E-state index contributed by atoms with van der Waals surface area (Å²) >= 11 is 0. The van der Waals surface area contributed by atoms with Crippen LogP contribution < -0.4 is 15.2 Å². The van der Waals surface area contributed by atoms with Gasteiger partial charge in [0.25, 0.3) is 0 Å². The average molecular weight is 287 g/mol. The molecule has 1 aromatic carbocycles. The van der Waals surface area contributed by atoms with E-state index >= 15 is 0 Å². The highest BCUT2D eigenvalue weighted by Gasteiger charge is 2.15. The van der Waals surface area contributed by atoms with Crippen molar-refractivity contribution >= 4 is 5.69 Å². The lowest BCUT2D eigenvalue weighted by molar-refractivity contribution is 0.184. The van der Waals surface area contributed by atoms with Gasteiger partial charge in [0, 0.05) is 19.2 Å². The van der Waals surface area contributed by atoms with Gasteiger partial charge in [0.2, 0.25) is 5.88 Å². The monoisotopic (exact) mass is 287 g/mol. The van der Waals surface area contributed by atoms with Gasteiger partial charge in [0.1, 0.15) is 23.3 Å². The third-order valence-corrected chi connectivity index (χ3v) is 2.96. The van der Waals surface area contributed by atoms with Gasteiger partial charge in [-0.2, -0.15) is 5.26 Å². The van der Waals surface area contributed by atoms with Crippen molar-refractivity contribution < 1.29 is 14.2 Å². The van der Waals surface area contributed by atoms with Crippen molar-refractivity contribution in [2.45, 2.75) is 6.54 Å². The van der Waals surface area contributed by atoms with Crippen LogP contribution in [0, 0.1) is 11.3 Å². The number of aromatic nitrogens is 1. The molecule has 1 heterocycles. The van der Waals surface area contributed by atoms with Crippen molar-refractivity contribution in [3.63, 3.8) is 0 Å². The standard InChI is InChI=1S/C15H17N3O3/c1-19-7-6-18-11(10-16)8-14(17)15(18)21-13-5-3-4-12(9-13)20-2/h3-5,8-9H,6-7,17H2,1-2H3. The molecule has 1 aromatic heterocycles. The Kier molecular flexibility index (Phi) is 4.69. The second kappa shape index (κ2) is 6.68. The molecule has 6 nitrogen and oxygen atoms in total. The predicted octanol–water partition coefficient (Wildman–Crippen LogP) is 2.39. The molecule has 2 N–H and O–H groups in total. The molecule has 0 aliphatic rings. The number of nitrogen functional groups attached to an aromatic ring is 1. The topological polar surface area (TPSA) is 82.4 Å². The summed E-state index contributed by atoms with van der Waals surface area (Å²) in [5.74, 6) is 1.70. The number of nitrogens with zero attached hydrogens (tertiary/aromatic N) is 2. The Labute approximate surface area is 123 Å². The lowest BCUT2D eigenvalue weighted by atomic mass is 10.3. The zero-order valence-corrected chi connectivity index (χ0v) is 12.0. The van der Waals surface area contributed by atoms with Crippen LogP contribution in [-0.2, 0) is 11.3 Å². The summed E-state index contributed by atoms with van der Waals surface area (Å²) in [5, 5.41) is 9.16. The number of methoxy groups -OCH3 is 2. The van der Waals surface area contributed by atoms with Gasteiger partial charge in [-0.05, 0) is 12.1 Å². The SMILES string of the molecule is COCCn1c(C#N)cc(N)c1Oc1cccc(OC)c1. The van der Waals surface area contributed by atoms with Crippen molar-refractivity contribution in [1.29, 1.82) is 5.26 Å². The van der Waals surface area contributed by atoms with Crippen LogP contribution >= 0.6 is 0 Å². The Balaban J connectivity index is 2.34. The highest BCUT2D eigenvalue weighted by atomic mass is 16.5. The van der Waals surface area contributed by atoms with Crippen molar-refractivity contribution in [1.82, 2.24) is 4.57 Å². The number of nitriles is 1. The largest absolute Gasteiger partial charge is 0.497 e. The fourth-order valence-electron chi connectivity index (χ4n) is 1.94. The van der Waals surface area contributed by atoms with E-state index in [1.165, 1.54) is 0 Å². The minimum atomic E-state index is 0.408. The van der Waals surface area contributed by atoms with Crippen LogP contribution in [0.3, 0.4) is 0 Å². The summed E-state index contributed by atoms with van der Waals surface area (Å²) in [4.78, 5) is 0. The highest BCUT2D eigenvalue weighted by molar-refractivity contribution is 5.56. The Morgan fingerprint density at radius 2 is 2.00 bits per heavy atom. The molecule has 0 radical (unpaired) electrons. The Hall–Kier alpha value is -2.65. The first-order valence-corrected chi connectivity index (χ1v) is 6.39. The van der Waals surface area contributed by atoms with E-state index in [-0.39, 0.29) is 0 Å². The van der Waals surface area contributed by atoms with Crippen LogP contribution in [0.25, 0.3) is 0 Å². The summed E-state index contributed by atoms with van der Waals surface area (Å²) in [5.41, 5.74) is 6.78. The van der Waals surface area contributed by atoms with Gasteiger partial charge in [0.05, 0.1) is 25.9 Å². The predicted molar refractivity (Wildman–Crippen MR) is 78.5 cm³/mol. The average Bonchev–Trinajstić information content (AvgIpc) is 2.81. The van der Waals surface area contributed by atoms with Gasteiger partial charge in [-0.15, -0.1) is 0 Å². The third-order valence-electron chi connectivity index (χ3n) is 2.96. The van der Waals surface area contributed by atoms with Gasteiger partial charge in [-0.3, -0.25) is 4.57 Å². The van der Waals surface area contributed by atoms with E-state index in [1.54, 1.807) is 37.0 Å². The van der Waals surface area contributed by atoms with Crippen LogP contribution in [0.1, 0.15) is 5.69 Å².